The fourth-order valence-electron chi connectivity index (χ4n) is 2.27. The molecule has 1 aliphatic carbocycles. The van der Waals surface area contributed by atoms with Gasteiger partial charge in [0.25, 0.3) is 10.0 Å². The van der Waals surface area contributed by atoms with Crippen LogP contribution in [0.5, 0.6) is 0 Å². The molecule has 1 heterocycles. The highest BCUT2D eigenvalue weighted by molar-refractivity contribution is 7.89. The molecule has 106 valence electrons. The highest BCUT2D eigenvalue weighted by Gasteiger charge is 2.31. The first kappa shape index (κ1) is 14.4. The summed E-state index contributed by atoms with van der Waals surface area (Å²) in [4.78, 5) is 3.86. The van der Waals surface area contributed by atoms with Crippen molar-refractivity contribution >= 4 is 10.0 Å². The Hall–Kier alpha value is -1.02. The highest BCUT2D eigenvalue weighted by atomic mass is 32.2. The second-order valence-electron chi connectivity index (χ2n) is 4.60. The van der Waals surface area contributed by atoms with Crippen LogP contribution in [0, 0.1) is 0 Å². The molecule has 0 bridgehead atoms. The Labute approximate surface area is 112 Å². The largest absolute Gasteiger partial charge is 0.392 e. The normalized spacial score (nSPS) is 23.7. The summed E-state index contributed by atoms with van der Waals surface area (Å²) in [5, 5.41) is 8.87. The lowest BCUT2D eigenvalue weighted by atomic mass is 10.2. The summed E-state index contributed by atoms with van der Waals surface area (Å²) in [5.74, 6) is 0. The molecule has 1 aliphatic rings. The molecule has 1 fully saturated rings. The molecule has 19 heavy (non-hydrogen) atoms. The Kier molecular flexibility index (Phi) is 4.51. The molecule has 0 radical (unpaired) electrons. The molecule has 6 nitrogen and oxygen atoms in total. The SMILES string of the molecule is COC1CCCC1NS(=O)(=O)c1ccc(CO)cn1. The molecule has 2 unspecified atom stereocenters. The molecule has 0 spiro atoms. The van der Waals surface area contributed by atoms with Crippen LogP contribution in [0.3, 0.4) is 0 Å². The van der Waals surface area contributed by atoms with E-state index in [1.54, 1.807) is 13.2 Å². The molecule has 7 heteroatoms. The van der Waals surface area contributed by atoms with Crippen LogP contribution < -0.4 is 4.72 Å². The number of sulfonamides is 1. The maximum Gasteiger partial charge on any atom is 0.258 e. The van der Waals surface area contributed by atoms with Crippen molar-refractivity contribution in [3.8, 4) is 0 Å². The standard InChI is InChI=1S/C12H18N2O4S/c1-18-11-4-2-3-10(11)14-19(16,17)12-6-5-9(8-15)7-13-12/h5-7,10-11,14-15H,2-4,8H2,1H3. The fourth-order valence-corrected chi connectivity index (χ4v) is 3.49. The first-order chi connectivity index (χ1) is 9.06. The van der Waals surface area contributed by atoms with Crippen molar-refractivity contribution in [3.63, 3.8) is 0 Å². The van der Waals surface area contributed by atoms with Crippen molar-refractivity contribution in [2.24, 2.45) is 0 Å². The minimum atomic E-state index is -3.63. The molecule has 1 saturated carbocycles. The zero-order valence-electron chi connectivity index (χ0n) is 10.7. The number of nitrogens with one attached hydrogen (secondary N) is 1. The van der Waals surface area contributed by atoms with Gasteiger partial charge in [0.1, 0.15) is 0 Å². The lowest BCUT2D eigenvalue weighted by Gasteiger charge is -2.19. The summed E-state index contributed by atoms with van der Waals surface area (Å²) in [5.41, 5.74) is 0.578. The second-order valence-corrected chi connectivity index (χ2v) is 6.26. The Morgan fingerprint density at radius 3 is 2.84 bits per heavy atom. The Bertz CT molecular complexity index is 515. The van der Waals surface area contributed by atoms with E-state index in [1.807, 2.05) is 0 Å². The molecule has 0 aromatic carbocycles. The van der Waals surface area contributed by atoms with E-state index in [0.717, 1.165) is 19.3 Å². The van der Waals surface area contributed by atoms with Gasteiger partial charge in [-0.15, -0.1) is 0 Å². The molecular weight excluding hydrogens is 268 g/mol. The summed E-state index contributed by atoms with van der Waals surface area (Å²) in [7, 11) is -2.05. The van der Waals surface area contributed by atoms with Crippen molar-refractivity contribution in [3.05, 3.63) is 23.9 Å². The van der Waals surface area contributed by atoms with E-state index in [4.69, 9.17) is 9.84 Å². The number of pyridine rings is 1. The van der Waals surface area contributed by atoms with Gasteiger partial charge in [-0.3, -0.25) is 0 Å². The van der Waals surface area contributed by atoms with E-state index < -0.39 is 10.0 Å². The van der Waals surface area contributed by atoms with Gasteiger partial charge in [0.05, 0.1) is 12.7 Å². The first-order valence-corrected chi connectivity index (χ1v) is 7.66. The zero-order chi connectivity index (χ0) is 13.9. The van der Waals surface area contributed by atoms with Crippen LogP contribution in [0.15, 0.2) is 23.4 Å². The third-order valence-corrected chi connectivity index (χ3v) is 4.72. The average molecular weight is 286 g/mol. The third-order valence-electron chi connectivity index (χ3n) is 3.32. The van der Waals surface area contributed by atoms with Crippen molar-refractivity contribution in [1.29, 1.82) is 0 Å². The minimum Gasteiger partial charge on any atom is -0.392 e. The number of methoxy groups -OCH3 is 1. The van der Waals surface area contributed by atoms with Gasteiger partial charge >= 0.3 is 0 Å². The maximum absolute atomic E-state index is 12.2. The molecule has 0 amide bonds. The number of ether oxygens (including phenoxy) is 1. The molecule has 0 saturated heterocycles. The lowest BCUT2D eigenvalue weighted by molar-refractivity contribution is 0.0916. The molecular formula is C12H18N2O4S. The predicted octanol–water partition coefficient (Wildman–Crippen LogP) is 0.420. The fraction of sp³-hybridized carbons (Fsp3) is 0.583. The highest BCUT2D eigenvalue weighted by Crippen LogP contribution is 2.23. The van der Waals surface area contributed by atoms with Crippen LogP contribution in [0.1, 0.15) is 24.8 Å². The summed E-state index contributed by atoms with van der Waals surface area (Å²) < 4.78 is 32.2. The van der Waals surface area contributed by atoms with Crippen LogP contribution >= 0.6 is 0 Å². The molecule has 0 aliphatic heterocycles. The van der Waals surface area contributed by atoms with E-state index in [9.17, 15) is 8.42 Å². The van der Waals surface area contributed by atoms with Crippen molar-refractivity contribution in [2.45, 2.75) is 43.0 Å². The van der Waals surface area contributed by atoms with Crippen LogP contribution in [0.4, 0.5) is 0 Å². The van der Waals surface area contributed by atoms with Crippen molar-refractivity contribution in [1.82, 2.24) is 9.71 Å². The van der Waals surface area contributed by atoms with Crippen LogP contribution in [0.25, 0.3) is 0 Å². The maximum atomic E-state index is 12.2. The van der Waals surface area contributed by atoms with Crippen LogP contribution in [0.2, 0.25) is 0 Å². The van der Waals surface area contributed by atoms with E-state index in [0.29, 0.717) is 5.56 Å². The van der Waals surface area contributed by atoms with Gasteiger partial charge in [0.2, 0.25) is 0 Å². The molecule has 1 aromatic rings. The molecule has 2 rings (SSSR count). The van der Waals surface area contributed by atoms with Crippen molar-refractivity contribution < 1.29 is 18.3 Å². The molecule has 1 aromatic heterocycles. The van der Waals surface area contributed by atoms with Gasteiger partial charge in [0.15, 0.2) is 5.03 Å². The van der Waals surface area contributed by atoms with Gasteiger partial charge in [-0.2, -0.15) is 0 Å². The van der Waals surface area contributed by atoms with Gasteiger partial charge < -0.3 is 9.84 Å². The number of aromatic nitrogens is 1. The first-order valence-electron chi connectivity index (χ1n) is 6.17. The van der Waals surface area contributed by atoms with E-state index in [2.05, 4.69) is 9.71 Å². The van der Waals surface area contributed by atoms with Gasteiger partial charge in [-0.25, -0.2) is 18.1 Å². The van der Waals surface area contributed by atoms with Gasteiger partial charge in [-0.1, -0.05) is 6.07 Å². The molecule has 2 N–H and O–H groups in total. The summed E-state index contributed by atoms with van der Waals surface area (Å²) >= 11 is 0. The number of nitrogens with zero attached hydrogens (tertiary/aromatic N) is 1. The Morgan fingerprint density at radius 2 is 2.26 bits per heavy atom. The zero-order valence-corrected chi connectivity index (χ0v) is 11.6. The molecule has 2 atom stereocenters. The summed E-state index contributed by atoms with van der Waals surface area (Å²) in [6.07, 6.45) is 3.86. The van der Waals surface area contributed by atoms with E-state index >= 15 is 0 Å². The van der Waals surface area contributed by atoms with Crippen LogP contribution in [-0.4, -0.2) is 37.8 Å². The smallest absolute Gasteiger partial charge is 0.258 e. The number of hydrogen-bond acceptors (Lipinski definition) is 5. The van der Waals surface area contributed by atoms with Crippen molar-refractivity contribution in [2.75, 3.05) is 7.11 Å². The van der Waals surface area contributed by atoms with E-state index in [-0.39, 0.29) is 23.8 Å². The number of aliphatic hydroxyl groups excluding tert-OH is 1. The predicted molar refractivity (Wildman–Crippen MR) is 68.9 cm³/mol. The lowest BCUT2D eigenvalue weighted by Crippen LogP contribution is -2.40. The average Bonchev–Trinajstić information content (AvgIpc) is 2.85. The number of hydrogen-bond donors (Lipinski definition) is 2. The topological polar surface area (TPSA) is 88.5 Å². The summed E-state index contributed by atoms with van der Waals surface area (Å²) in [6, 6.07) is 2.74. The minimum absolute atomic E-state index is 0.0357. The van der Waals surface area contributed by atoms with E-state index in [1.165, 1.54) is 12.3 Å². The number of aliphatic hydroxyl groups is 1. The summed E-state index contributed by atoms with van der Waals surface area (Å²) in [6.45, 7) is -0.158. The third kappa shape index (κ3) is 3.30. The quantitative estimate of drug-likeness (QED) is 0.819. The second kappa shape index (κ2) is 5.96. The van der Waals surface area contributed by atoms with Crippen LogP contribution in [-0.2, 0) is 21.4 Å². The van der Waals surface area contributed by atoms with Gasteiger partial charge in [0, 0.05) is 19.3 Å². The number of rotatable bonds is 5. The Morgan fingerprint density at radius 1 is 1.47 bits per heavy atom. The van der Waals surface area contributed by atoms with Gasteiger partial charge in [-0.05, 0) is 30.9 Å². The Balaban J connectivity index is 2.13. The monoisotopic (exact) mass is 286 g/mol.